The zero-order valence-electron chi connectivity index (χ0n) is 15.5. The van der Waals surface area contributed by atoms with Gasteiger partial charge < -0.3 is 0 Å². The Labute approximate surface area is 148 Å². The molecule has 0 radical (unpaired) electrons. The van der Waals surface area contributed by atoms with Gasteiger partial charge in [-0.25, -0.2) is 4.98 Å². The minimum Gasteiger partial charge on any atom is -0.291 e. The Balaban J connectivity index is 2.13. The zero-order chi connectivity index (χ0) is 17.7. The highest BCUT2D eigenvalue weighted by atomic mass is 15.0. The standard InChI is InChI=1S/C22H24N3/c1-14(2)17-7-8-19-18(12-17)10-11-24(5)22(19)21-15(3)6-9-20-23-13-16(4)25(20)21/h6-14H,1-5H3/q+1. The summed E-state index contributed by atoms with van der Waals surface area (Å²) in [5.74, 6) is 0.530. The van der Waals surface area contributed by atoms with Crippen molar-refractivity contribution in [3.05, 3.63) is 65.6 Å². The predicted molar refractivity (Wildman–Crippen MR) is 103 cm³/mol. The van der Waals surface area contributed by atoms with Crippen LogP contribution in [0.4, 0.5) is 0 Å². The van der Waals surface area contributed by atoms with E-state index in [1.54, 1.807) is 0 Å². The number of aryl methyl sites for hydroxylation is 3. The van der Waals surface area contributed by atoms with Crippen LogP contribution in [-0.2, 0) is 7.05 Å². The third kappa shape index (κ3) is 2.42. The number of benzene rings is 1. The van der Waals surface area contributed by atoms with Crippen LogP contribution in [0.3, 0.4) is 0 Å². The molecule has 0 amide bonds. The Morgan fingerprint density at radius 3 is 2.60 bits per heavy atom. The molecule has 0 atom stereocenters. The van der Waals surface area contributed by atoms with Gasteiger partial charge in [0.15, 0.2) is 6.20 Å². The van der Waals surface area contributed by atoms with Crippen LogP contribution in [0.5, 0.6) is 0 Å². The van der Waals surface area contributed by atoms with Gasteiger partial charge >= 0.3 is 0 Å². The lowest BCUT2D eigenvalue weighted by atomic mass is 9.97. The molecular formula is C22H24N3+. The van der Waals surface area contributed by atoms with E-state index < -0.39 is 0 Å². The minimum atomic E-state index is 0.530. The zero-order valence-corrected chi connectivity index (χ0v) is 15.5. The molecular weight excluding hydrogens is 306 g/mol. The normalized spacial score (nSPS) is 11.8. The lowest BCUT2D eigenvalue weighted by Gasteiger charge is -2.13. The Kier molecular flexibility index (Phi) is 3.60. The highest BCUT2D eigenvalue weighted by Gasteiger charge is 2.21. The summed E-state index contributed by atoms with van der Waals surface area (Å²) in [6.07, 6.45) is 4.10. The molecule has 3 aromatic heterocycles. The molecule has 3 heterocycles. The molecule has 0 spiro atoms. The van der Waals surface area contributed by atoms with Crippen LogP contribution in [0.1, 0.15) is 36.6 Å². The van der Waals surface area contributed by atoms with Crippen LogP contribution in [0, 0.1) is 13.8 Å². The van der Waals surface area contributed by atoms with E-state index >= 15 is 0 Å². The number of hydrogen-bond acceptors (Lipinski definition) is 1. The van der Waals surface area contributed by atoms with Gasteiger partial charge in [0.1, 0.15) is 18.4 Å². The van der Waals surface area contributed by atoms with Crippen LogP contribution in [0.25, 0.3) is 27.8 Å². The average molecular weight is 330 g/mol. The van der Waals surface area contributed by atoms with Crippen molar-refractivity contribution in [3.8, 4) is 11.4 Å². The first-order valence-corrected chi connectivity index (χ1v) is 8.83. The number of rotatable bonds is 2. The topological polar surface area (TPSA) is 21.2 Å². The second kappa shape index (κ2) is 5.69. The highest BCUT2D eigenvalue weighted by molar-refractivity contribution is 5.93. The summed E-state index contributed by atoms with van der Waals surface area (Å²) >= 11 is 0. The highest BCUT2D eigenvalue weighted by Crippen LogP contribution is 2.31. The molecule has 0 aliphatic heterocycles. The van der Waals surface area contributed by atoms with Crippen molar-refractivity contribution in [1.29, 1.82) is 0 Å². The van der Waals surface area contributed by atoms with E-state index in [4.69, 9.17) is 0 Å². The number of aromatic nitrogens is 3. The number of imidazole rings is 1. The van der Waals surface area contributed by atoms with Gasteiger partial charge in [-0.15, -0.1) is 0 Å². The second-order valence-corrected chi connectivity index (χ2v) is 7.23. The fourth-order valence-corrected chi connectivity index (χ4v) is 3.66. The molecule has 0 aliphatic carbocycles. The first-order chi connectivity index (χ1) is 12.0. The molecule has 4 aromatic rings. The number of fused-ring (bicyclic) bond motifs is 2. The van der Waals surface area contributed by atoms with Gasteiger partial charge in [-0.1, -0.05) is 32.0 Å². The molecule has 25 heavy (non-hydrogen) atoms. The molecule has 0 bridgehead atoms. The predicted octanol–water partition coefficient (Wildman–Crippen LogP) is 4.72. The molecule has 0 N–H and O–H groups in total. The van der Waals surface area contributed by atoms with Gasteiger partial charge in [0, 0.05) is 18.0 Å². The minimum absolute atomic E-state index is 0.530. The molecule has 0 unspecified atom stereocenters. The summed E-state index contributed by atoms with van der Waals surface area (Å²) in [5.41, 5.74) is 7.24. The molecule has 0 saturated heterocycles. The van der Waals surface area contributed by atoms with Crippen molar-refractivity contribution in [3.63, 3.8) is 0 Å². The largest absolute Gasteiger partial charge is 0.291 e. The van der Waals surface area contributed by atoms with Gasteiger partial charge in [-0.3, -0.25) is 4.40 Å². The van der Waals surface area contributed by atoms with Crippen molar-refractivity contribution in [2.24, 2.45) is 7.05 Å². The van der Waals surface area contributed by atoms with Crippen molar-refractivity contribution < 1.29 is 4.57 Å². The van der Waals surface area contributed by atoms with Gasteiger partial charge in [-0.05, 0) is 48.4 Å². The fourth-order valence-electron chi connectivity index (χ4n) is 3.66. The smallest absolute Gasteiger partial charge is 0.237 e. The van der Waals surface area contributed by atoms with Gasteiger partial charge in [0.2, 0.25) is 5.69 Å². The van der Waals surface area contributed by atoms with Gasteiger partial charge in [0.25, 0.3) is 0 Å². The van der Waals surface area contributed by atoms with Crippen LogP contribution >= 0.6 is 0 Å². The summed E-state index contributed by atoms with van der Waals surface area (Å²) in [6, 6.07) is 13.3. The molecule has 1 aromatic carbocycles. The molecule has 126 valence electrons. The van der Waals surface area contributed by atoms with E-state index in [2.05, 4.69) is 91.3 Å². The number of pyridine rings is 2. The molecule has 0 aliphatic rings. The Hall–Kier alpha value is -2.68. The number of hydrogen-bond donors (Lipinski definition) is 0. The maximum Gasteiger partial charge on any atom is 0.237 e. The van der Waals surface area contributed by atoms with E-state index in [1.165, 1.54) is 33.3 Å². The molecule has 0 fully saturated rings. The van der Waals surface area contributed by atoms with Crippen LogP contribution in [-0.4, -0.2) is 9.38 Å². The Morgan fingerprint density at radius 2 is 1.84 bits per heavy atom. The maximum absolute atomic E-state index is 4.55. The summed E-state index contributed by atoms with van der Waals surface area (Å²) in [7, 11) is 2.12. The van der Waals surface area contributed by atoms with Crippen molar-refractivity contribution in [2.45, 2.75) is 33.6 Å². The average Bonchev–Trinajstić information content (AvgIpc) is 2.96. The van der Waals surface area contributed by atoms with Crippen LogP contribution in [0.2, 0.25) is 0 Å². The second-order valence-electron chi connectivity index (χ2n) is 7.23. The summed E-state index contributed by atoms with van der Waals surface area (Å²) < 4.78 is 4.49. The van der Waals surface area contributed by atoms with Crippen LogP contribution in [0.15, 0.2) is 48.8 Å². The molecule has 3 nitrogen and oxygen atoms in total. The summed E-state index contributed by atoms with van der Waals surface area (Å²) in [5, 5.41) is 2.56. The molecule has 0 saturated carbocycles. The van der Waals surface area contributed by atoms with Gasteiger partial charge in [0.05, 0.1) is 5.39 Å². The molecule has 3 heteroatoms. The number of nitrogens with zero attached hydrogens (tertiary/aromatic N) is 3. The Morgan fingerprint density at radius 1 is 1.04 bits per heavy atom. The third-order valence-electron chi connectivity index (χ3n) is 5.10. The monoisotopic (exact) mass is 330 g/mol. The first kappa shape index (κ1) is 15.8. The lowest BCUT2D eigenvalue weighted by Crippen LogP contribution is -2.31. The lowest BCUT2D eigenvalue weighted by molar-refractivity contribution is -0.659. The maximum atomic E-state index is 4.55. The van der Waals surface area contributed by atoms with E-state index in [0.717, 1.165) is 11.3 Å². The van der Waals surface area contributed by atoms with Crippen molar-refractivity contribution >= 4 is 16.4 Å². The fraction of sp³-hybridized carbons (Fsp3) is 0.273. The SMILES string of the molecule is Cc1ccc2ncc(C)n2c1-c1c2ccc(C(C)C)cc2cc[n+]1C. The third-order valence-corrected chi connectivity index (χ3v) is 5.10. The van der Waals surface area contributed by atoms with E-state index in [0.29, 0.717) is 5.92 Å². The van der Waals surface area contributed by atoms with Gasteiger partial charge in [-0.2, -0.15) is 4.57 Å². The molecule has 4 rings (SSSR count). The van der Waals surface area contributed by atoms with Crippen molar-refractivity contribution in [1.82, 2.24) is 9.38 Å². The van der Waals surface area contributed by atoms with E-state index in [9.17, 15) is 0 Å². The summed E-state index contributed by atoms with van der Waals surface area (Å²) in [4.78, 5) is 4.55. The quantitative estimate of drug-likeness (QED) is 0.487. The van der Waals surface area contributed by atoms with E-state index in [-0.39, 0.29) is 0 Å². The first-order valence-electron chi connectivity index (χ1n) is 8.83. The van der Waals surface area contributed by atoms with Crippen LogP contribution < -0.4 is 4.57 Å². The Bertz CT molecular complexity index is 1100. The van der Waals surface area contributed by atoms with E-state index in [1.807, 2.05) is 6.20 Å². The van der Waals surface area contributed by atoms with Crippen molar-refractivity contribution in [2.75, 3.05) is 0 Å². The summed E-state index contributed by atoms with van der Waals surface area (Å²) in [6.45, 7) is 8.77.